The average Bonchev–Trinajstić information content (AvgIpc) is 2.96. The zero-order valence-electron chi connectivity index (χ0n) is 14.8. The highest BCUT2D eigenvalue weighted by molar-refractivity contribution is 5.76. The van der Waals surface area contributed by atoms with Gasteiger partial charge in [-0.1, -0.05) is 38.2 Å². The van der Waals surface area contributed by atoms with E-state index in [2.05, 4.69) is 19.6 Å². The number of rotatable bonds is 3. The summed E-state index contributed by atoms with van der Waals surface area (Å²) in [6.07, 6.45) is 7.93. The lowest BCUT2D eigenvalue weighted by molar-refractivity contribution is -0.146. The number of aliphatic hydroxyl groups excluding tert-OH is 2. The summed E-state index contributed by atoms with van der Waals surface area (Å²) in [5.74, 6) is 0.159. The van der Waals surface area contributed by atoms with Crippen LogP contribution in [0.1, 0.15) is 46.0 Å². The molecule has 2 N–H and O–H groups in total. The molecule has 3 fully saturated rings. The molecule has 1 unspecified atom stereocenters. The maximum absolute atomic E-state index is 11.7. The minimum Gasteiger partial charge on any atom is -0.465 e. The van der Waals surface area contributed by atoms with Gasteiger partial charge in [-0.25, -0.2) is 0 Å². The monoisotopic (exact) mass is 334 g/mol. The third kappa shape index (κ3) is 2.64. The van der Waals surface area contributed by atoms with Crippen molar-refractivity contribution in [2.45, 2.75) is 52.1 Å². The summed E-state index contributed by atoms with van der Waals surface area (Å²) < 4.78 is 5.05. The second kappa shape index (κ2) is 6.30. The number of cyclic esters (lactones) is 1. The van der Waals surface area contributed by atoms with E-state index >= 15 is 0 Å². The van der Waals surface area contributed by atoms with E-state index in [9.17, 15) is 15.0 Å². The fourth-order valence-corrected chi connectivity index (χ4v) is 5.42. The van der Waals surface area contributed by atoms with Gasteiger partial charge in [-0.15, -0.1) is 0 Å². The maximum Gasteiger partial charge on any atom is 0.312 e. The normalized spacial score (nSPS) is 46.2. The lowest BCUT2D eigenvalue weighted by atomic mass is 9.46. The minimum absolute atomic E-state index is 0.00623. The molecule has 0 bridgehead atoms. The number of esters is 1. The van der Waals surface area contributed by atoms with Gasteiger partial charge >= 0.3 is 5.97 Å². The Morgan fingerprint density at radius 1 is 1.29 bits per heavy atom. The number of aliphatic hydroxyl groups is 2. The van der Waals surface area contributed by atoms with Crippen molar-refractivity contribution in [1.29, 1.82) is 0 Å². The van der Waals surface area contributed by atoms with Crippen LogP contribution in [0.3, 0.4) is 0 Å². The van der Waals surface area contributed by atoms with E-state index in [0.29, 0.717) is 13.0 Å². The van der Waals surface area contributed by atoms with E-state index in [1.165, 1.54) is 5.57 Å². The SMILES string of the molecule is C=C1CCC2[C@](C)(CC[C@H](O)[C@]2(C)CO)[C@H]1/C=C/[C@@H]1CCOC1=O. The molecule has 1 heterocycles. The second-order valence-corrected chi connectivity index (χ2v) is 8.40. The fraction of sp³-hybridized carbons (Fsp3) is 0.750. The molecule has 0 amide bonds. The fourth-order valence-electron chi connectivity index (χ4n) is 5.42. The van der Waals surface area contributed by atoms with Gasteiger partial charge in [-0.3, -0.25) is 4.79 Å². The summed E-state index contributed by atoms with van der Waals surface area (Å²) in [7, 11) is 0. The van der Waals surface area contributed by atoms with Crippen LogP contribution in [-0.4, -0.2) is 35.5 Å². The molecule has 0 aromatic rings. The first-order valence-electron chi connectivity index (χ1n) is 9.14. The topological polar surface area (TPSA) is 66.8 Å². The standard InChI is InChI=1S/C20H30O4/c1-13-4-7-16-19(2,10-8-17(22)20(16,3)12-21)15(13)6-5-14-9-11-24-18(14)23/h5-6,14-17,21-22H,1,4,7-12H2,2-3H3/b6-5+/t14-,15+,16?,17+,19-,20-/m1/s1. The van der Waals surface area contributed by atoms with Crippen LogP contribution in [0.25, 0.3) is 0 Å². The Bertz CT molecular complexity index is 554. The molecule has 4 heteroatoms. The van der Waals surface area contributed by atoms with Crippen molar-refractivity contribution in [3.8, 4) is 0 Å². The molecule has 0 aromatic heterocycles. The van der Waals surface area contributed by atoms with E-state index < -0.39 is 11.5 Å². The highest BCUT2D eigenvalue weighted by atomic mass is 16.5. The smallest absolute Gasteiger partial charge is 0.312 e. The number of carbonyl (C=O) groups excluding carboxylic acids is 1. The molecule has 24 heavy (non-hydrogen) atoms. The van der Waals surface area contributed by atoms with Crippen LogP contribution >= 0.6 is 0 Å². The Morgan fingerprint density at radius 2 is 2.04 bits per heavy atom. The Hall–Kier alpha value is -1.13. The van der Waals surface area contributed by atoms with Crippen molar-refractivity contribution in [3.05, 3.63) is 24.3 Å². The van der Waals surface area contributed by atoms with E-state index in [1.807, 2.05) is 13.0 Å². The molecule has 2 aliphatic carbocycles. The summed E-state index contributed by atoms with van der Waals surface area (Å²) in [6, 6.07) is 0. The number of hydrogen-bond acceptors (Lipinski definition) is 4. The summed E-state index contributed by atoms with van der Waals surface area (Å²) in [5.41, 5.74) is 0.699. The lowest BCUT2D eigenvalue weighted by Crippen LogP contribution is -2.57. The largest absolute Gasteiger partial charge is 0.465 e. The summed E-state index contributed by atoms with van der Waals surface area (Å²) in [5, 5.41) is 20.5. The Morgan fingerprint density at radius 3 is 2.67 bits per heavy atom. The molecule has 0 radical (unpaired) electrons. The van der Waals surface area contributed by atoms with Crippen LogP contribution in [0.4, 0.5) is 0 Å². The van der Waals surface area contributed by atoms with Gasteiger partial charge in [0, 0.05) is 11.3 Å². The van der Waals surface area contributed by atoms with Gasteiger partial charge < -0.3 is 14.9 Å². The van der Waals surface area contributed by atoms with Gasteiger partial charge in [0.05, 0.1) is 25.2 Å². The summed E-state index contributed by atoms with van der Waals surface area (Å²) >= 11 is 0. The van der Waals surface area contributed by atoms with Gasteiger partial charge in [0.15, 0.2) is 0 Å². The first kappa shape index (κ1) is 17.7. The van der Waals surface area contributed by atoms with Gasteiger partial charge in [-0.2, -0.15) is 0 Å². The molecular formula is C20H30O4. The van der Waals surface area contributed by atoms with Crippen molar-refractivity contribution >= 4 is 5.97 Å². The summed E-state index contributed by atoms with van der Waals surface area (Å²) in [4.78, 5) is 11.7. The first-order valence-corrected chi connectivity index (χ1v) is 9.14. The molecule has 6 atom stereocenters. The van der Waals surface area contributed by atoms with E-state index in [-0.39, 0.29) is 35.7 Å². The van der Waals surface area contributed by atoms with Crippen molar-refractivity contribution in [3.63, 3.8) is 0 Å². The van der Waals surface area contributed by atoms with Gasteiger partial charge in [0.2, 0.25) is 0 Å². The van der Waals surface area contributed by atoms with Crippen LogP contribution in [0.15, 0.2) is 24.3 Å². The van der Waals surface area contributed by atoms with Crippen molar-refractivity contribution in [1.82, 2.24) is 0 Å². The van der Waals surface area contributed by atoms with Crippen LogP contribution < -0.4 is 0 Å². The van der Waals surface area contributed by atoms with Crippen LogP contribution in [-0.2, 0) is 9.53 Å². The van der Waals surface area contributed by atoms with Crippen molar-refractivity contribution in [2.75, 3.05) is 13.2 Å². The third-order valence-electron chi connectivity index (χ3n) is 7.07. The molecule has 0 spiro atoms. The minimum atomic E-state index is -0.466. The number of fused-ring (bicyclic) bond motifs is 1. The molecular weight excluding hydrogens is 304 g/mol. The molecule has 1 aliphatic heterocycles. The summed E-state index contributed by atoms with van der Waals surface area (Å²) in [6.45, 7) is 9.10. The maximum atomic E-state index is 11.7. The van der Waals surface area contributed by atoms with Gasteiger partial charge in [0.1, 0.15) is 0 Å². The Kier molecular flexibility index (Phi) is 4.65. The van der Waals surface area contributed by atoms with Gasteiger partial charge in [-0.05, 0) is 43.4 Å². The zero-order chi connectivity index (χ0) is 17.5. The highest BCUT2D eigenvalue weighted by Gasteiger charge is 2.57. The lowest BCUT2D eigenvalue weighted by Gasteiger charge is -2.59. The highest BCUT2D eigenvalue weighted by Crippen LogP contribution is 2.61. The second-order valence-electron chi connectivity index (χ2n) is 8.40. The molecule has 0 aromatic carbocycles. The quantitative estimate of drug-likeness (QED) is 0.615. The molecule has 2 saturated carbocycles. The van der Waals surface area contributed by atoms with E-state index in [1.54, 1.807) is 0 Å². The van der Waals surface area contributed by atoms with E-state index in [0.717, 1.165) is 25.7 Å². The van der Waals surface area contributed by atoms with E-state index in [4.69, 9.17) is 4.74 Å². The Labute approximate surface area is 144 Å². The van der Waals surface area contributed by atoms with Crippen molar-refractivity contribution < 1.29 is 19.7 Å². The number of carbonyl (C=O) groups is 1. The van der Waals surface area contributed by atoms with Crippen LogP contribution in [0, 0.1) is 28.6 Å². The number of ether oxygens (including phenoxy) is 1. The number of hydrogen-bond donors (Lipinski definition) is 2. The van der Waals surface area contributed by atoms with Gasteiger partial charge in [0.25, 0.3) is 0 Å². The molecule has 1 saturated heterocycles. The average molecular weight is 334 g/mol. The predicted octanol–water partition coefficient (Wildman–Crippen LogP) is 2.85. The molecule has 3 rings (SSSR count). The zero-order valence-corrected chi connectivity index (χ0v) is 14.8. The predicted molar refractivity (Wildman–Crippen MR) is 92.1 cm³/mol. The van der Waals surface area contributed by atoms with Crippen LogP contribution in [0.2, 0.25) is 0 Å². The first-order chi connectivity index (χ1) is 11.3. The molecule has 4 nitrogen and oxygen atoms in total. The van der Waals surface area contributed by atoms with Crippen LogP contribution in [0.5, 0.6) is 0 Å². The number of allylic oxidation sites excluding steroid dienone is 2. The third-order valence-corrected chi connectivity index (χ3v) is 7.07. The molecule has 3 aliphatic rings. The molecule has 134 valence electrons. The van der Waals surface area contributed by atoms with Crippen molar-refractivity contribution in [2.24, 2.45) is 28.6 Å². The Balaban J connectivity index is 1.89.